The molecule has 10 heteroatoms. The first kappa shape index (κ1) is 22.5. The first-order chi connectivity index (χ1) is 16.3. The number of aromatic nitrogens is 3. The molecule has 0 spiro atoms. The molecule has 0 unspecified atom stereocenters. The van der Waals surface area contributed by atoms with Gasteiger partial charge in [-0.25, -0.2) is 9.86 Å². The van der Waals surface area contributed by atoms with Crippen molar-refractivity contribution in [2.75, 3.05) is 13.2 Å². The van der Waals surface area contributed by atoms with Crippen LogP contribution in [-0.4, -0.2) is 49.5 Å². The Balaban J connectivity index is 1.79. The number of nitrogens with zero attached hydrogens (tertiary/aromatic N) is 4. The van der Waals surface area contributed by atoms with Gasteiger partial charge in [-0.3, -0.25) is 28.5 Å². The molecule has 1 fully saturated rings. The number of amides is 1. The molecular weight excluding hydrogens is 456 g/mol. The zero-order chi connectivity index (χ0) is 24.1. The lowest BCUT2D eigenvalue weighted by molar-refractivity contribution is -0.0778. The van der Waals surface area contributed by atoms with Crippen LogP contribution in [0.2, 0.25) is 0 Å². The van der Waals surface area contributed by atoms with Crippen LogP contribution >= 0.6 is 11.3 Å². The molecule has 0 bridgehead atoms. The third-order valence-corrected chi connectivity index (χ3v) is 7.23. The first-order valence-electron chi connectivity index (χ1n) is 11.0. The predicted molar refractivity (Wildman–Crippen MR) is 129 cm³/mol. The molecule has 1 amide bonds. The molecule has 0 aliphatic carbocycles. The van der Waals surface area contributed by atoms with E-state index < -0.39 is 23.3 Å². The maximum absolute atomic E-state index is 13.6. The Kier molecular flexibility index (Phi) is 5.59. The Labute approximate surface area is 198 Å². The Morgan fingerprint density at radius 2 is 2.03 bits per heavy atom. The number of thiophene rings is 1. The second-order valence-corrected chi connectivity index (χ2v) is 9.75. The fraction of sp³-hybridized carbons (Fsp3) is 0.333. The van der Waals surface area contributed by atoms with Crippen LogP contribution in [0.3, 0.4) is 0 Å². The van der Waals surface area contributed by atoms with Crippen molar-refractivity contribution >= 4 is 38.4 Å². The van der Waals surface area contributed by atoms with E-state index in [0.29, 0.717) is 16.1 Å². The minimum Gasteiger partial charge on any atom is -0.389 e. The smallest absolute Gasteiger partial charge is 0.332 e. The van der Waals surface area contributed by atoms with Crippen molar-refractivity contribution < 1.29 is 14.7 Å². The number of carbonyl (C=O) groups is 1. The number of carbonyl (C=O) groups excluding carboxylic acids is 1. The van der Waals surface area contributed by atoms with Gasteiger partial charge in [0, 0.05) is 36.0 Å². The summed E-state index contributed by atoms with van der Waals surface area (Å²) in [6.45, 7) is 3.75. The normalized spacial score (nSPS) is 16.3. The lowest BCUT2D eigenvalue weighted by atomic mass is 10.0. The zero-order valence-electron chi connectivity index (χ0n) is 19.0. The lowest BCUT2D eigenvalue weighted by Crippen LogP contribution is -2.39. The lowest BCUT2D eigenvalue weighted by Gasteiger charge is -2.16. The van der Waals surface area contributed by atoms with E-state index in [4.69, 9.17) is 4.84 Å². The molecule has 176 valence electrons. The summed E-state index contributed by atoms with van der Waals surface area (Å²) in [4.78, 5) is 50.8. The number of fused-ring (bicyclic) bond motifs is 2. The van der Waals surface area contributed by atoms with Crippen LogP contribution in [0.25, 0.3) is 21.1 Å². The van der Waals surface area contributed by atoms with Gasteiger partial charge in [0.25, 0.3) is 11.5 Å². The third kappa shape index (κ3) is 3.54. The van der Waals surface area contributed by atoms with Crippen molar-refractivity contribution in [3.63, 3.8) is 0 Å². The molecule has 9 nitrogen and oxygen atoms in total. The molecule has 5 rings (SSSR count). The monoisotopic (exact) mass is 480 g/mol. The number of hydrogen-bond acceptors (Lipinski definition) is 7. The van der Waals surface area contributed by atoms with Gasteiger partial charge in [0.2, 0.25) is 0 Å². The van der Waals surface area contributed by atoms with Gasteiger partial charge in [0.1, 0.15) is 17.5 Å². The highest BCUT2D eigenvalue weighted by molar-refractivity contribution is 7.19. The van der Waals surface area contributed by atoms with Gasteiger partial charge in [0.05, 0.1) is 23.0 Å². The van der Waals surface area contributed by atoms with Crippen molar-refractivity contribution in [1.82, 2.24) is 19.2 Å². The molecule has 0 radical (unpaired) electrons. The van der Waals surface area contributed by atoms with Gasteiger partial charge in [-0.15, -0.1) is 11.3 Å². The van der Waals surface area contributed by atoms with Crippen LogP contribution in [0.4, 0.5) is 0 Å². The number of aliphatic hydroxyl groups is 1. The highest BCUT2D eigenvalue weighted by Crippen LogP contribution is 2.34. The van der Waals surface area contributed by atoms with Crippen molar-refractivity contribution in [3.8, 4) is 0 Å². The average molecular weight is 481 g/mol. The number of benzene rings is 1. The molecule has 0 saturated carbocycles. The number of para-hydroxylation sites is 1. The molecular formula is C24H24N4O5S. The first-order valence-corrected chi connectivity index (χ1v) is 11.8. The SMILES string of the molecule is CC(C)n1c(=O)n(C)c(=O)c2c(C(=O)N3C[C@H](O)CO3)c(Cc3ccnc4ccccc34)sc21. The van der Waals surface area contributed by atoms with Crippen molar-refractivity contribution in [2.24, 2.45) is 7.05 Å². The van der Waals surface area contributed by atoms with Gasteiger partial charge < -0.3 is 5.11 Å². The summed E-state index contributed by atoms with van der Waals surface area (Å²) >= 11 is 1.27. The van der Waals surface area contributed by atoms with E-state index in [2.05, 4.69) is 4.98 Å². The van der Waals surface area contributed by atoms with Gasteiger partial charge >= 0.3 is 5.69 Å². The fourth-order valence-electron chi connectivity index (χ4n) is 4.36. The molecule has 1 atom stereocenters. The zero-order valence-corrected chi connectivity index (χ0v) is 19.8. The second-order valence-electron chi connectivity index (χ2n) is 8.67. The minimum absolute atomic E-state index is 0.00679. The fourth-order valence-corrected chi connectivity index (χ4v) is 5.79. The van der Waals surface area contributed by atoms with E-state index in [1.165, 1.54) is 18.4 Å². The quantitative estimate of drug-likeness (QED) is 0.480. The Morgan fingerprint density at radius 3 is 2.74 bits per heavy atom. The van der Waals surface area contributed by atoms with E-state index >= 15 is 0 Å². The summed E-state index contributed by atoms with van der Waals surface area (Å²) < 4.78 is 2.59. The summed E-state index contributed by atoms with van der Waals surface area (Å²) in [6.07, 6.45) is 1.29. The summed E-state index contributed by atoms with van der Waals surface area (Å²) in [6, 6.07) is 9.40. The van der Waals surface area contributed by atoms with Gasteiger partial charge in [0.15, 0.2) is 0 Å². The van der Waals surface area contributed by atoms with Gasteiger partial charge in [-0.2, -0.15) is 0 Å². The molecule has 1 aromatic carbocycles. The number of pyridine rings is 1. The van der Waals surface area contributed by atoms with Crippen LogP contribution in [0.15, 0.2) is 46.1 Å². The Morgan fingerprint density at radius 1 is 1.26 bits per heavy atom. The molecule has 1 aliphatic rings. The van der Waals surface area contributed by atoms with E-state index in [0.717, 1.165) is 26.1 Å². The number of hydrogen-bond donors (Lipinski definition) is 1. The molecule has 4 heterocycles. The van der Waals surface area contributed by atoms with Crippen molar-refractivity contribution in [1.29, 1.82) is 0 Å². The number of rotatable bonds is 4. The summed E-state index contributed by atoms with van der Waals surface area (Å²) in [5, 5.41) is 12.1. The topological polar surface area (TPSA) is 107 Å². The van der Waals surface area contributed by atoms with E-state index in [1.54, 1.807) is 10.8 Å². The van der Waals surface area contributed by atoms with E-state index in [1.807, 2.05) is 44.2 Å². The molecule has 3 aromatic heterocycles. The number of hydroxylamine groups is 2. The van der Waals surface area contributed by atoms with Crippen LogP contribution in [0, 0.1) is 0 Å². The van der Waals surface area contributed by atoms with E-state index in [-0.39, 0.29) is 30.1 Å². The third-order valence-electron chi connectivity index (χ3n) is 6.04. The molecule has 1 saturated heterocycles. The summed E-state index contributed by atoms with van der Waals surface area (Å²) in [7, 11) is 1.42. The largest absolute Gasteiger partial charge is 0.389 e. The van der Waals surface area contributed by atoms with Crippen LogP contribution < -0.4 is 11.2 Å². The molecule has 34 heavy (non-hydrogen) atoms. The molecule has 4 aromatic rings. The van der Waals surface area contributed by atoms with Crippen LogP contribution in [0.1, 0.15) is 40.7 Å². The van der Waals surface area contributed by atoms with Crippen LogP contribution in [-0.2, 0) is 18.3 Å². The van der Waals surface area contributed by atoms with Crippen molar-refractivity contribution in [2.45, 2.75) is 32.4 Å². The molecule has 1 N–H and O–H groups in total. The standard InChI is InChI=1S/C24H24N4O5S/c1-13(2)28-23-20(21(30)26(3)24(28)32)19(22(31)27-11-15(29)12-33-27)18(34-23)10-14-8-9-25-17-7-5-4-6-16(14)17/h4-9,13,15,29H,10-12H2,1-3H3/t15-/m0/s1. The average Bonchev–Trinajstić information content (AvgIpc) is 3.41. The Bertz CT molecular complexity index is 1550. The van der Waals surface area contributed by atoms with Crippen molar-refractivity contribution in [3.05, 3.63) is 73.4 Å². The maximum atomic E-state index is 13.6. The highest BCUT2D eigenvalue weighted by atomic mass is 32.1. The number of β-amino-alcohol motifs (C(OH)–C–C–N with tert-alkyl or cyclic N) is 1. The van der Waals surface area contributed by atoms with E-state index in [9.17, 15) is 19.5 Å². The maximum Gasteiger partial charge on any atom is 0.332 e. The molecule has 1 aliphatic heterocycles. The number of aliphatic hydroxyl groups excluding tert-OH is 1. The Hall–Kier alpha value is -3.34. The summed E-state index contributed by atoms with van der Waals surface area (Å²) in [5.41, 5.74) is 1.03. The highest BCUT2D eigenvalue weighted by Gasteiger charge is 2.33. The van der Waals surface area contributed by atoms with Crippen LogP contribution in [0.5, 0.6) is 0 Å². The van der Waals surface area contributed by atoms with Gasteiger partial charge in [-0.1, -0.05) is 18.2 Å². The predicted octanol–water partition coefficient (Wildman–Crippen LogP) is 2.23. The minimum atomic E-state index is -0.793. The second kappa shape index (κ2) is 8.46. The van der Waals surface area contributed by atoms with Gasteiger partial charge in [-0.05, 0) is 31.5 Å². The summed E-state index contributed by atoms with van der Waals surface area (Å²) in [5.74, 6) is -0.498.